The lowest BCUT2D eigenvalue weighted by Gasteiger charge is -2.35. The van der Waals surface area contributed by atoms with Crippen LogP contribution in [0.3, 0.4) is 0 Å². The van der Waals surface area contributed by atoms with Gasteiger partial charge in [0.1, 0.15) is 0 Å². The monoisotopic (exact) mass is 485 g/mol. The standard InChI is InChI=1S/C25H31N3O5S/c1-18-7-9-19(10-8-18)22(27-11-13-33-14-12-27)16-26-23(29)20-5-4-6-21(15-20)28-24(30)25(2,3)17-34(28,31)32/h4-10,15,22H,11-14,16-17H2,1-3H3,(H,26,29). The highest BCUT2D eigenvalue weighted by Crippen LogP contribution is 2.36. The average molecular weight is 486 g/mol. The fourth-order valence-corrected chi connectivity index (χ4v) is 6.56. The van der Waals surface area contributed by atoms with Crippen molar-refractivity contribution in [3.63, 3.8) is 0 Å². The normalized spacial score (nSPS) is 20.8. The van der Waals surface area contributed by atoms with Gasteiger partial charge in [-0.2, -0.15) is 0 Å². The number of nitrogens with zero attached hydrogens (tertiary/aromatic N) is 2. The molecular formula is C25H31N3O5S. The SMILES string of the molecule is Cc1ccc(C(CNC(=O)c2cccc(N3C(=O)C(C)(C)CS3(=O)=O)c2)N2CCOCC2)cc1. The Balaban J connectivity index is 1.53. The summed E-state index contributed by atoms with van der Waals surface area (Å²) in [7, 11) is -3.79. The number of hydrogen-bond donors (Lipinski definition) is 1. The molecule has 0 bridgehead atoms. The van der Waals surface area contributed by atoms with Gasteiger partial charge in [-0.1, -0.05) is 35.9 Å². The third-order valence-corrected chi connectivity index (χ3v) is 8.35. The van der Waals surface area contributed by atoms with Gasteiger partial charge in [0.15, 0.2) is 0 Å². The summed E-state index contributed by atoms with van der Waals surface area (Å²) < 4.78 is 31.6. The van der Waals surface area contributed by atoms with Crippen LogP contribution in [0.1, 0.15) is 41.4 Å². The number of benzene rings is 2. The molecule has 0 saturated carbocycles. The number of carbonyl (C=O) groups excluding carboxylic acids is 2. The first-order valence-corrected chi connectivity index (χ1v) is 13.0. The number of rotatable bonds is 6. The second-order valence-corrected chi connectivity index (χ2v) is 11.4. The van der Waals surface area contributed by atoms with E-state index in [2.05, 4.69) is 34.5 Å². The second kappa shape index (κ2) is 9.48. The highest BCUT2D eigenvalue weighted by Gasteiger charge is 2.50. The van der Waals surface area contributed by atoms with E-state index >= 15 is 0 Å². The third kappa shape index (κ3) is 5.01. The van der Waals surface area contributed by atoms with E-state index in [0.717, 1.165) is 23.0 Å². The smallest absolute Gasteiger partial charge is 0.251 e. The number of amides is 2. The molecule has 1 unspecified atom stereocenters. The third-order valence-electron chi connectivity index (χ3n) is 6.33. The maximum atomic E-state index is 13.0. The van der Waals surface area contributed by atoms with E-state index in [1.165, 1.54) is 17.7 Å². The van der Waals surface area contributed by atoms with Crippen molar-refractivity contribution in [3.8, 4) is 0 Å². The largest absolute Gasteiger partial charge is 0.379 e. The van der Waals surface area contributed by atoms with Crippen molar-refractivity contribution < 1.29 is 22.7 Å². The van der Waals surface area contributed by atoms with E-state index in [-0.39, 0.29) is 23.4 Å². The molecule has 0 spiro atoms. The van der Waals surface area contributed by atoms with Crippen molar-refractivity contribution in [1.82, 2.24) is 10.2 Å². The van der Waals surface area contributed by atoms with E-state index in [1.807, 2.05) is 6.92 Å². The molecule has 9 heteroatoms. The second-order valence-electron chi connectivity index (χ2n) is 9.54. The van der Waals surface area contributed by atoms with Crippen molar-refractivity contribution in [3.05, 3.63) is 65.2 Å². The predicted octanol–water partition coefficient (Wildman–Crippen LogP) is 2.50. The highest BCUT2D eigenvalue weighted by molar-refractivity contribution is 7.94. The van der Waals surface area contributed by atoms with Gasteiger partial charge in [0, 0.05) is 25.2 Å². The number of ether oxygens (including phenoxy) is 1. The van der Waals surface area contributed by atoms with Crippen LogP contribution < -0.4 is 9.62 Å². The predicted molar refractivity (Wildman–Crippen MR) is 130 cm³/mol. The molecular weight excluding hydrogens is 454 g/mol. The highest BCUT2D eigenvalue weighted by atomic mass is 32.2. The van der Waals surface area contributed by atoms with Gasteiger partial charge in [-0.25, -0.2) is 12.7 Å². The zero-order valence-electron chi connectivity index (χ0n) is 19.8. The van der Waals surface area contributed by atoms with Crippen LogP contribution >= 0.6 is 0 Å². The van der Waals surface area contributed by atoms with Gasteiger partial charge in [-0.3, -0.25) is 14.5 Å². The number of sulfonamides is 1. The number of morpholine rings is 1. The molecule has 2 aliphatic rings. The minimum atomic E-state index is -3.79. The molecule has 2 aliphatic heterocycles. The molecule has 2 heterocycles. The van der Waals surface area contributed by atoms with Crippen LogP contribution in [0.4, 0.5) is 5.69 Å². The van der Waals surface area contributed by atoms with Gasteiger partial charge in [-0.05, 0) is 44.5 Å². The van der Waals surface area contributed by atoms with Crippen LogP contribution in [0.5, 0.6) is 0 Å². The number of nitrogens with one attached hydrogen (secondary N) is 1. The molecule has 1 atom stereocenters. The summed E-state index contributed by atoms with van der Waals surface area (Å²) in [4.78, 5) is 28.1. The Labute approximate surface area is 200 Å². The lowest BCUT2D eigenvalue weighted by molar-refractivity contribution is -0.123. The van der Waals surface area contributed by atoms with Crippen molar-refractivity contribution in [2.75, 3.05) is 42.9 Å². The number of anilines is 1. The Morgan fingerprint density at radius 3 is 2.41 bits per heavy atom. The Kier molecular flexibility index (Phi) is 6.80. The summed E-state index contributed by atoms with van der Waals surface area (Å²) in [5.74, 6) is -1.07. The fourth-order valence-electron chi connectivity index (χ4n) is 4.46. The zero-order valence-corrected chi connectivity index (χ0v) is 20.6. The molecule has 2 aromatic rings. The van der Waals surface area contributed by atoms with Crippen LogP contribution in [-0.4, -0.2) is 63.7 Å². The first-order valence-electron chi connectivity index (χ1n) is 11.4. The quantitative estimate of drug-likeness (QED) is 0.676. The minimum Gasteiger partial charge on any atom is -0.379 e. The van der Waals surface area contributed by atoms with Gasteiger partial charge in [-0.15, -0.1) is 0 Å². The van der Waals surface area contributed by atoms with E-state index in [4.69, 9.17) is 4.74 Å². The fraction of sp³-hybridized carbons (Fsp3) is 0.440. The van der Waals surface area contributed by atoms with Crippen LogP contribution in [0, 0.1) is 12.3 Å². The van der Waals surface area contributed by atoms with Crippen molar-refractivity contribution in [1.29, 1.82) is 0 Å². The van der Waals surface area contributed by atoms with Gasteiger partial charge in [0.25, 0.3) is 5.91 Å². The lowest BCUT2D eigenvalue weighted by Crippen LogP contribution is -2.43. The van der Waals surface area contributed by atoms with Gasteiger partial charge in [0.05, 0.1) is 36.1 Å². The Bertz CT molecular complexity index is 1170. The lowest BCUT2D eigenvalue weighted by atomic mass is 9.95. The van der Waals surface area contributed by atoms with E-state index in [9.17, 15) is 18.0 Å². The molecule has 0 radical (unpaired) electrons. The topological polar surface area (TPSA) is 96.0 Å². The Hall–Kier alpha value is -2.75. The van der Waals surface area contributed by atoms with Crippen molar-refractivity contribution >= 4 is 27.5 Å². The maximum absolute atomic E-state index is 13.0. The van der Waals surface area contributed by atoms with Crippen LogP contribution in [0.25, 0.3) is 0 Å². The molecule has 0 aromatic heterocycles. The van der Waals surface area contributed by atoms with Crippen LogP contribution in [0.2, 0.25) is 0 Å². The molecule has 1 N–H and O–H groups in total. The molecule has 0 aliphatic carbocycles. The summed E-state index contributed by atoms with van der Waals surface area (Å²) in [6.07, 6.45) is 0. The molecule has 182 valence electrons. The zero-order chi connectivity index (χ0) is 24.5. The van der Waals surface area contributed by atoms with Gasteiger partial charge < -0.3 is 10.1 Å². The Morgan fingerprint density at radius 1 is 1.12 bits per heavy atom. The average Bonchev–Trinajstić information content (AvgIpc) is 2.97. The summed E-state index contributed by atoms with van der Waals surface area (Å²) >= 11 is 0. The minimum absolute atomic E-state index is 0.0158. The number of aryl methyl sites for hydroxylation is 1. The molecule has 2 saturated heterocycles. The number of carbonyl (C=O) groups is 2. The molecule has 34 heavy (non-hydrogen) atoms. The maximum Gasteiger partial charge on any atom is 0.251 e. The van der Waals surface area contributed by atoms with Crippen LogP contribution in [-0.2, 0) is 19.6 Å². The molecule has 2 fully saturated rings. The molecule has 8 nitrogen and oxygen atoms in total. The molecule has 4 rings (SSSR count). The van der Waals surface area contributed by atoms with E-state index in [0.29, 0.717) is 25.3 Å². The van der Waals surface area contributed by atoms with E-state index in [1.54, 1.807) is 26.0 Å². The summed E-state index contributed by atoms with van der Waals surface area (Å²) in [5, 5.41) is 3.00. The van der Waals surface area contributed by atoms with Crippen molar-refractivity contribution in [2.24, 2.45) is 5.41 Å². The summed E-state index contributed by atoms with van der Waals surface area (Å²) in [5.41, 5.74) is 1.76. The Morgan fingerprint density at radius 2 is 1.79 bits per heavy atom. The summed E-state index contributed by atoms with van der Waals surface area (Å²) in [6.45, 7) is 8.48. The van der Waals surface area contributed by atoms with Gasteiger partial charge >= 0.3 is 0 Å². The molecule has 2 amide bonds. The first-order chi connectivity index (χ1) is 16.1. The first kappa shape index (κ1) is 24.4. The molecule has 2 aromatic carbocycles. The van der Waals surface area contributed by atoms with Gasteiger partial charge in [0.2, 0.25) is 15.9 Å². The number of hydrogen-bond acceptors (Lipinski definition) is 6. The van der Waals surface area contributed by atoms with E-state index < -0.39 is 21.3 Å². The summed E-state index contributed by atoms with van der Waals surface area (Å²) in [6, 6.07) is 14.5. The van der Waals surface area contributed by atoms with Crippen molar-refractivity contribution in [2.45, 2.75) is 26.8 Å². The van der Waals surface area contributed by atoms with Crippen LogP contribution in [0.15, 0.2) is 48.5 Å².